The van der Waals surface area contributed by atoms with Crippen LogP contribution in [0.25, 0.3) is 22.4 Å². The van der Waals surface area contributed by atoms with Crippen LogP contribution in [0, 0.1) is 10.1 Å². The molecule has 1 aliphatic heterocycles. The third-order valence-corrected chi connectivity index (χ3v) is 6.20. The molecule has 0 bridgehead atoms. The number of thiazole rings is 1. The number of hydrogen-bond acceptors (Lipinski definition) is 9. The van der Waals surface area contributed by atoms with E-state index >= 15 is 0 Å². The molecule has 0 aliphatic carbocycles. The summed E-state index contributed by atoms with van der Waals surface area (Å²) < 4.78 is 19.1. The Balaban J connectivity index is 1.29. The number of fused-ring (bicyclic) bond motifs is 2. The maximum Gasteiger partial charge on any atom is 0.291 e. The van der Waals surface area contributed by atoms with E-state index in [1.807, 2.05) is 18.2 Å². The van der Waals surface area contributed by atoms with Crippen molar-refractivity contribution < 1.29 is 18.8 Å². The summed E-state index contributed by atoms with van der Waals surface area (Å²) >= 11 is 1.18. The van der Waals surface area contributed by atoms with Crippen LogP contribution in [0.15, 0.2) is 69.9 Å². The molecule has 34 heavy (non-hydrogen) atoms. The average Bonchev–Trinajstić information content (AvgIpc) is 3.56. The molecule has 3 aromatic heterocycles. The highest BCUT2D eigenvalue weighted by molar-refractivity contribution is 7.15. The maximum absolute atomic E-state index is 12.9. The molecule has 0 saturated heterocycles. The molecule has 0 unspecified atom stereocenters. The Morgan fingerprint density at radius 2 is 1.97 bits per heavy atom. The second-order valence-corrected chi connectivity index (χ2v) is 8.46. The van der Waals surface area contributed by atoms with E-state index in [0.29, 0.717) is 43.9 Å². The topological polar surface area (TPSA) is 122 Å². The Hall–Kier alpha value is -4.51. The van der Waals surface area contributed by atoms with Gasteiger partial charge in [0.25, 0.3) is 11.2 Å². The zero-order valence-electron chi connectivity index (χ0n) is 17.3. The Kier molecular flexibility index (Phi) is 4.62. The van der Waals surface area contributed by atoms with Crippen molar-refractivity contribution >= 4 is 28.1 Å². The van der Waals surface area contributed by atoms with Crippen LogP contribution in [0.1, 0.15) is 17.7 Å². The van der Waals surface area contributed by atoms with Crippen molar-refractivity contribution in [2.24, 2.45) is 0 Å². The number of furan rings is 1. The minimum atomic E-state index is -0.517. The summed E-state index contributed by atoms with van der Waals surface area (Å²) in [5.41, 5.74) is 0.211. The lowest BCUT2D eigenvalue weighted by Gasteiger charge is -2.24. The van der Waals surface area contributed by atoms with Crippen LogP contribution >= 0.6 is 11.3 Å². The summed E-state index contributed by atoms with van der Waals surface area (Å²) in [6, 6.07) is 16.9. The number of nitro benzene ring substituents is 1. The van der Waals surface area contributed by atoms with E-state index in [0.717, 1.165) is 0 Å². The molecule has 0 fully saturated rings. The number of para-hydroxylation sites is 2. The van der Waals surface area contributed by atoms with Gasteiger partial charge in [-0.2, -0.15) is 9.50 Å². The largest absolute Gasteiger partial charge is 0.485 e. The number of ether oxygens (including phenoxy) is 2. The van der Waals surface area contributed by atoms with Crippen LogP contribution in [-0.2, 0) is 0 Å². The monoisotopic (exact) mass is 474 g/mol. The molecular weight excluding hydrogens is 460 g/mol. The van der Waals surface area contributed by atoms with Crippen LogP contribution in [0.4, 0.5) is 5.69 Å². The van der Waals surface area contributed by atoms with Crippen molar-refractivity contribution in [1.29, 1.82) is 0 Å². The summed E-state index contributed by atoms with van der Waals surface area (Å²) in [6.07, 6.45) is 1.08. The van der Waals surface area contributed by atoms with E-state index in [9.17, 15) is 14.9 Å². The van der Waals surface area contributed by atoms with Gasteiger partial charge in [0.2, 0.25) is 4.96 Å². The van der Waals surface area contributed by atoms with E-state index in [4.69, 9.17) is 13.9 Å². The highest BCUT2D eigenvalue weighted by Gasteiger charge is 2.27. The van der Waals surface area contributed by atoms with Crippen LogP contribution in [0.5, 0.6) is 11.5 Å². The van der Waals surface area contributed by atoms with Crippen molar-refractivity contribution in [3.05, 3.63) is 97.2 Å². The smallest absolute Gasteiger partial charge is 0.291 e. The van der Waals surface area contributed by atoms with Crippen molar-refractivity contribution in [3.63, 3.8) is 0 Å². The highest BCUT2D eigenvalue weighted by atomic mass is 32.1. The lowest BCUT2D eigenvalue weighted by Crippen LogP contribution is -2.26. The molecule has 11 heteroatoms. The van der Waals surface area contributed by atoms with Crippen LogP contribution in [0.2, 0.25) is 0 Å². The minimum absolute atomic E-state index is 0.0292. The SMILES string of the molecule is O=c1/c(=C/c2ccc(-c3cccc([N+](=O)[O-])c3)o2)sc2nc([C@@H]3COc4ccccc4O3)nn12. The Labute approximate surface area is 194 Å². The fourth-order valence-corrected chi connectivity index (χ4v) is 4.51. The van der Waals surface area contributed by atoms with Crippen molar-refractivity contribution in [3.8, 4) is 22.8 Å². The predicted molar refractivity (Wildman–Crippen MR) is 122 cm³/mol. The summed E-state index contributed by atoms with van der Waals surface area (Å²) in [4.78, 5) is 28.3. The first-order chi connectivity index (χ1) is 16.5. The van der Waals surface area contributed by atoms with E-state index in [1.54, 1.807) is 36.4 Å². The van der Waals surface area contributed by atoms with Gasteiger partial charge < -0.3 is 13.9 Å². The first-order valence-corrected chi connectivity index (χ1v) is 11.0. The van der Waals surface area contributed by atoms with Gasteiger partial charge in [-0.3, -0.25) is 14.9 Å². The Bertz CT molecular complexity index is 1670. The maximum atomic E-state index is 12.9. The van der Waals surface area contributed by atoms with Gasteiger partial charge in [0.1, 0.15) is 22.7 Å². The molecule has 4 heterocycles. The molecule has 1 aliphatic rings. The predicted octanol–water partition coefficient (Wildman–Crippen LogP) is 3.38. The van der Waals surface area contributed by atoms with Gasteiger partial charge in [-0.05, 0) is 24.3 Å². The van der Waals surface area contributed by atoms with Gasteiger partial charge in [0.15, 0.2) is 23.4 Å². The third-order valence-electron chi connectivity index (χ3n) is 5.24. The van der Waals surface area contributed by atoms with E-state index in [2.05, 4.69) is 10.1 Å². The number of aromatic nitrogens is 3. The van der Waals surface area contributed by atoms with Gasteiger partial charge in [-0.25, -0.2) is 0 Å². The second-order valence-electron chi connectivity index (χ2n) is 7.45. The molecule has 0 amide bonds. The summed E-state index contributed by atoms with van der Waals surface area (Å²) in [7, 11) is 0. The van der Waals surface area contributed by atoms with Gasteiger partial charge in [0, 0.05) is 23.8 Å². The molecule has 6 rings (SSSR count). The lowest BCUT2D eigenvalue weighted by atomic mass is 10.1. The Morgan fingerprint density at radius 1 is 1.12 bits per heavy atom. The molecule has 0 radical (unpaired) electrons. The molecule has 2 aromatic carbocycles. The first kappa shape index (κ1) is 20.1. The number of rotatable bonds is 4. The molecule has 1 atom stereocenters. The van der Waals surface area contributed by atoms with Crippen LogP contribution in [0.3, 0.4) is 0 Å². The van der Waals surface area contributed by atoms with Crippen LogP contribution in [-0.4, -0.2) is 26.1 Å². The third kappa shape index (κ3) is 3.48. The number of nitro groups is 1. The van der Waals surface area contributed by atoms with Crippen molar-refractivity contribution in [2.75, 3.05) is 6.61 Å². The van der Waals surface area contributed by atoms with Crippen LogP contribution < -0.4 is 19.6 Å². The number of nitrogens with zero attached hydrogens (tertiary/aromatic N) is 4. The zero-order chi connectivity index (χ0) is 23.2. The number of benzene rings is 2. The quantitative estimate of drug-likeness (QED) is 0.287. The molecule has 168 valence electrons. The van der Waals surface area contributed by atoms with E-state index in [1.165, 1.54) is 28.0 Å². The van der Waals surface area contributed by atoms with Gasteiger partial charge >= 0.3 is 0 Å². The second kappa shape index (κ2) is 7.81. The van der Waals surface area contributed by atoms with Gasteiger partial charge in [-0.1, -0.05) is 35.6 Å². The number of non-ortho nitro benzene ring substituents is 1. The molecule has 5 aromatic rings. The number of hydrogen-bond donors (Lipinski definition) is 0. The normalized spacial score (nSPS) is 15.6. The minimum Gasteiger partial charge on any atom is -0.485 e. The molecule has 0 saturated carbocycles. The molecule has 10 nitrogen and oxygen atoms in total. The zero-order valence-corrected chi connectivity index (χ0v) is 18.1. The molecular formula is C23H14N4O6S. The van der Waals surface area contributed by atoms with Crippen molar-refractivity contribution in [1.82, 2.24) is 14.6 Å². The van der Waals surface area contributed by atoms with E-state index < -0.39 is 11.0 Å². The molecule has 0 spiro atoms. The summed E-state index contributed by atoms with van der Waals surface area (Å²) in [5.74, 6) is 2.52. The van der Waals surface area contributed by atoms with Crippen molar-refractivity contribution in [2.45, 2.75) is 6.10 Å². The fourth-order valence-electron chi connectivity index (χ4n) is 3.62. The van der Waals surface area contributed by atoms with Gasteiger partial charge in [-0.15, -0.1) is 5.10 Å². The lowest BCUT2D eigenvalue weighted by molar-refractivity contribution is -0.384. The van der Waals surface area contributed by atoms with Gasteiger partial charge in [0.05, 0.1) is 4.92 Å². The molecule has 0 N–H and O–H groups in total. The fraction of sp³-hybridized carbons (Fsp3) is 0.0870. The van der Waals surface area contributed by atoms with E-state index in [-0.39, 0.29) is 17.9 Å². The Morgan fingerprint density at radius 3 is 2.79 bits per heavy atom. The highest BCUT2D eigenvalue weighted by Crippen LogP contribution is 2.35. The standard InChI is InChI=1S/C23H14N4O6S/c28-22-20(11-15-8-9-16(32-15)13-4-3-5-14(10-13)27(29)30)34-23-24-21(25-26(22)23)19-12-31-17-6-1-2-7-18(17)33-19/h1-11,19H,12H2/b20-11-/t19-/m0/s1. The summed E-state index contributed by atoms with van der Waals surface area (Å²) in [6.45, 7) is 0.245. The average molecular weight is 474 g/mol. The summed E-state index contributed by atoms with van der Waals surface area (Å²) in [5, 5.41) is 15.3. The first-order valence-electron chi connectivity index (χ1n) is 10.2.